The topological polar surface area (TPSA) is 58.9 Å². The molecule has 0 aliphatic rings. The second-order valence-electron chi connectivity index (χ2n) is 3.44. The number of nitrogens with zero attached hydrogens (tertiary/aromatic N) is 1. The standard InChI is InChI=1S/C8H15NO3/c1-6(9-5-7(10)11)12-8(2,3)4/h5H2,1-4H3,(H,10,11). The smallest absolute Gasteiger partial charge is 0.325 e. The van der Waals surface area contributed by atoms with E-state index in [1.54, 1.807) is 6.92 Å². The van der Waals surface area contributed by atoms with Crippen molar-refractivity contribution in [2.45, 2.75) is 33.3 Å². The number of aliphatic imine (C=N–C) groups is 1. The van der Waals surface area contributed by atoms with Crippen molar-refractivity contribution in [1.29, 1.82) is 0 Å². The van der Waals surface area contributed by atoms with E-state index in [-0.39, 0.29) is 12.1 Å². The lowest BCUT2D eigenvalue weighted by Gasteiger charge is -2.20. The largest absolute Gasteiger partial charge is 0.480 e. The molecule has 0 saturated heterocycles. The number of aliphatic carboxylic acids is 1. The monoisotopic (exact) mass is 173 g/mol. The van der Waals surface area contributed by atoms with Gasteiger partial charge in [0.25, 0.3) is 0 Å². The molecule has 0 aliphatic carbocycles. The number of hydrogen-bond acceptors (Lipinski definition) is 3. The lowest BCUT2D eigenvalue weighted by atomic mass is 10.2. The summed E-state index contributed by atoms with van der Waals surface area (Å²) >= 11 is 0. The summed E-state index contributed by atoms with van der Waals surface area (Å²) in [7, 11) is 0. The first-order chi connectivity index (χ1) is 5.31. The molecule has 0 unspecified atom stereocenters. The van der Waals surface area contributed by atoms with Gasteiger partial charge in [-0.05, 0) is 20.8 Å². The molecule has 0 fully saturated rings. The molecule has 0 aromatic rings. The molecule has 0 radical (unpaired) electrons. The summed E-state index contributed by atoms with van der Waals surface area (Å²) in [6.07, 6.45) is 0. The van der Waals surface area contributed by atoms with Crippen molar-refractivity contribution in [2.24, 2.45) is 4.99 Å². The van der Waals surface area contributed by atoms with E-state index in [9.17, 15) is 4.79 Å². The highest BCUT2D eigenvalue weighted by Gasteiger charge is 2.11. The van der Waals surface area contributed by atoms with Crippen LogP contribution in [0.15, 0.2) is 4.99 Å². The fourth-order valence-electron chi connectivity index (χ4n) is 0.654. The third-order valence-electron chi connectivity index (χ3n) is 0.891. The predicted octanol–water partition coefficient (Wildman–Crippen LogP) is 1.30. The molecule has 0 heterocycles. The van der Waals surface area contributed by atoms with Gasteiger partial charge in [0.1, 0.15) is 12.1 Å². The minimum absolute atomic E-state index is 0.234. The van der Waals surface area contributed by atoms with Crippen LogP contribution in [-0.4, -0.2) is 29.1 Å². The Hall–Kier alpha value is -1.06. The number of carboxylic acid groups (broad SMARTS) is 1. The van der Waals surface area contributed by atoms with E-state index in [1.165, 1.54) is 0 Å². The number of carboxylic acids is 1. The summed E-state index contributed by atoms with van der Waals surface area (Å²) in [6.45, 7) is 7.06. The molecule has 0 aromatic heterocycles. The van der Waals surface area contributed by atoms with Crippen LogP contribution in [0, 0.1) is 0 Å². The highest BCUT2D eigenvalue weighted by Crippen LogP contribution is 2.07. The molecule has 0 atom stereocenters. The second-order valence-corrected chi connectivity index (χ2v) is 3.44. The Morgan fingerprint density at radius 1 is 1.50 bits per heavy atom. The SMILES string of the molecule is CC(=NCC(=O)O)OC(C)(C)C. The number of rotatable bonds is 2. The van der Waals surface area contributed by atoms with Gasteiger partial charge in [-0.15, -0.1) is 0 Å². The predicted molar refractivity (Wildman–Crippen MR) is 46.4 cm³/mol. The Labute approximate surface area is 72.3 Å². The molecule has 70 valence electrons. The van der Waals surface area contributed by atoms with Gasteiger partial charge in [0, 0.05) is 6.92 Å². The van der Waals surface area contributed by atoms with E-state index >= 15 is 0 Å². The zero-order valence-corrected chi connectivity index (χ0v) is 7.92. The lowest BCUT2D eigenvalue weighted by Crippen LogP contribution is -2.22. The van der Waals surface area contributed by atoms with Crippen molar-refractivity contribution in [3.05, 3.63) is 0 Å². The van der Waals surface area contributed by atoms with Gasteiger partial charge < -0.3 is 9.84 Å². The van der Waals surface area contributed by atoms with Crippen molar-refractivity contribution >= 4 is 11.9 Å². The minimum Gasteiger partial charge on any atom is -0.480 e. The van der Waals surface area contributed by atoms with E-state index in [1.807, 2.05) is 20.8 Å². The van der Waals surface area contributed by atoms with Crippen LogP contribution in [0.1, 0.15) is 27.7 Å². The van der Waals surface area contributed by atoms with Crippen molar-refractivity contribution in [3.63, 3.8) is 0 Å². The average molecular weight is 173 g/mol. The molecular formula is C8H15NO3. The Kier molecular flexibility index (Phi) is 3.73. The highest BCUT2D eigenvalue weighted by molar-refractivity contribution is 5.78. The first-order valence-corrected chi connectivity index (χ1v) is 3.73. The van der Waals surface area contributed by atoms with Crippen LogP contribution in [0.2, 0.25) is 0 Å². The van der Waals surface area contributed by atoms with E-state index < -0.39 is 5.97 Å². The summed E-state index contributed by atoms with van der Waals surface area (Å²) in [4.78, 5) is 13.8. The summed E-state index contributed by atoms with van der Waals surface area (Å²) in [6, 6.07) is 0. The summed E-state index contributed by atoms with van der Waals surface area (Å²) in [5.41, 5.74) is -0.313. The maximum atomic E-state index is 10.1. The third-order valence-corrected chi connectivity index (χ3v) is 0.891. The average Bonchev–Trinajstić information content (AvgIpc) is 1.79. The van der Waals surface area contributed by atoms with E-state index in [4.69, 9.17) is 9.84 Å². The van der Waals surface area contributed by atoms with Crippen molar-refractivity contribution in [3.8, 4) is 0 Å². The molecule has 0 spiro atoms. The fraction of sp³-hybridized carbons (Fsp3) is 0.750. The van der Waals surface area contributed by atoms with E-state index in [0.717, 1.165) is 0 Å². The van der Waals surface area contributed by atoms with Gasteiger partial charge in [-0.2, -0.15) is 0 Å². The first kappa shape index (κ1) is 10.9. The van der Waals surface area contributed by atoms with Crippen LogP contribution in [0.25, 0.3) is 0 Å². The Morgan fingerprint density at radius 3 is 2.33 bits per heavy atom. The quantitative estimate of drug-likeness (QED) is 0.506. The van der Waals surface area contributed by atoms with Gasteiger partial charge in [-0.25, -0.2) is 4.99 Å². The van der Waals surface area contributed by atoms with Gasteiger partial charge >= 0.3 is 5.97 Å². The molecule has 0 rings (SSSR count). The lowest BCUT2D eigenvalue weighted by molar-refractivity contribution is -0.135. The summed E-state index contributed by atoms with van der Waals surface area (Å²) in [5, 5.41) is 8.30. The maximum absolute atomic E-state index is 10.1. The number of carbonyl (C=O) groups is 1. The van der Waals surface area contributed by atoms with Crippen LogP contribution in [0.5, 0.6) is 0 Å². The van der Waals surface area contributed by atoms with Crippen LogP contribution in [0.3, 0.4) is 0 Å². The van der Waals surface area contributed by atoms with Gasteiger partial charge in [-0.1, -0.05) is 0 Å². The molecule has 0 aliphatic heterocycles. The zero-order chi connectivity index (χ0) is 9.78. The summed E-state index contributed by atoms with van der Waals surface area (Å²) in [5.74, 6) is -0.545. The third kappa shape index (κ3) is 7.05. The summed E-state index contributed by atoms with van der Waals surface area (Å²) < 4.78 is 5.27. The molecule has 0 saturated carbocycles. The fourth-order valence-corrected chi connectivity index (χ4v) is 0.654. The van der Waals surface area contributed by atoms with Crippen LogP contribution in [0.4, 0.5) is 0 Å². The minimum atomic E-state index is -0.952. The number of ether oxygens (including phenoxy) is 1. The first-order valence-electron chi connectivity index (χ1n) is 3.73. The molecule has 1 N–H and O–H groups in total. The Morgan fingerprint density at radius 2 is 2.00 bits per heavy atom. The molecule has 4 nitrogen and oxygen atoms in total. The molecule has 0 amide bonds. The van der Waals surface area contributed by atoms with E-state index in [0.29, 0.717) is 5.90 Å². The molecule has 0 aromatic carbocycles. The van der Waals surface area contributed by atoms with Gasteiger partial charge in [0.2, 0.25) is 0 Å². The van der Waals surface area contributed by atoms with Crippen molar-refractivity contribution in [1.82, 2.24) is 0 Å². The molecule has 0 bridgehead atoms. The molecular weight excluding hydrogens is 158 g/mol. The van der Waals surface area contributed by atoms with Crippen molar-refractivity contribution < 1.29 is 14.6 Å². The van der Waals surface area contributed by atoms with Gasteiger partial charge in [0.15, 0.2) is 5.90 Å². The Balaban J connectivity index is 3.95. The molecule has 12 heavy (non-hydrogen) atoms. The van der Waals surface area contributed by atoms with Gasteiger partial charge in [0.05, 0.1) is 0 Å². The van der Waals surface area contributed by atoms with Crippen LogP contribution < -0.4 is 0 Å². The zero-order valence-electron chi connectivity index (χ0n) is 7.92. The normalized spacial score (nSPS) is 12.8. The van der Waals surface area contributed by atoms with Gasteiger partial charge in [-0.3, -0.25) is 4.79 Å². The Bertz CT molecular complexity index is 191. The molecule has 4 heteroatoms. The highest BCUT2D eigenvalue weighted by atomic mass is 16.5. The van der Waals surface area contributed by atoms with E-state index in [2.05, 4.69) is 4.99 Å². The van der Waals surface area contributed by atoms with Crippen LogP contribution >= 0.6 is 0 Å². The van der Waals surface area contributed by atoms with Crippen LogP contribution in [-0.2, 0) is 9.53 Å². The number of hydrogen-bond donors (Lipinski definition) is 1. The van der Waals surface area contributed by atoms with Crippen molar-refractivity contribution in [2.75, 3.05) is 6.54 Å². The maximum Gasteiger partial charge on any atom is 0.325 e. The second kappa shape index (κ2) is 4.09.